The van der Waals surface area contributed by atoms with Crippen LogP contribution in [-0.2, 0) is 16.0 Å². The maximum absolute atomic E-state index is 12.3. The number of hydrogen-bond acceptors (Lipinski definition) is 2. The highest BCUT2D eigenvalue weighted by Crippen LogP contribution is 2.26. The van der Waals surface area contributed by atoms with E-state index in [0.717, 1.165) is 29.7 Å². The summed E-state index contributed by atoms with van der Waals surface area (Å²) in [6.45, 7) is 9.43. The van der Waals surface area contributed by atoms with E-state index >= 15 is 0 Å². The molecule has 118 valence electrons. The van der Waals surface area contributed by atoms with Gasteiger partial charge in [0.25, 0.3) is 0 Å². The van der Waals surface area contributed by atoms with Gasteiger partial charge in [0, 0.05) is 12.3 Å². The van der Waals surface area contributed by atoms with Gasteiger partial charge in [-0.25, -0.2) is 0 Å². The predicted octanol–water partition coefficient (Wildman–Crippen LogP) is 3.94. The highest BCUT2D eigenvalue weighted by Gasteiger charge is 2.21. The van der Waals surface area contributed by atoms with Crippen molar-refractivity contribution in [2.45, 2.75) is 46.6 Å². The number of amides is 1. The molecule has 0 aromatic heterocycles. The Balaban J connectivity index is 3.06. The van der Waals surface area contributed by atoms with E-state index < -0.39 is 0 Å². The van der Waals surface area contributed by atoms with E-state index in [1.807, 2.05) is 26.0 Å². The third-order valence-electron chi connectivity index (χ3n) is 3.43. The van der Waals surface area contributed by atoms with E-state index in [-0.39, 0.29) is 17.9 Å². The van der Waals surface area contributed by atoms with Gasteiger partial charge in [-0.05, 0) is 37.8 Å². The van der Waals surface area contributed by atoms with Gasteiger partial charge in [-0.2, -0.15) is 0 Å². The molecular weight excluding hydrogens is 286 g/mol. The van der Waals surface area contributed by atoms with Crippen LogP contribution in [0.3, 0.4) is 0 Å². The van der Waals surface area contributed by atoms with E-state index in [1.54, 1.807) is 4.90 Å². The summed E-state index contributed by atoms with van der Waals surface area (Å²) < 4.78 is 5.71. The molecule has 4 heteroatoms. The van der Waals surface area contributed by atoms with Gasteiger partial charge in [0.2, 0.25) is 5.91 Å². The van der Waals surface area contributed by atoms with Crippen LogP contribution in [0.25, 0.3) is 0 Å². The van der Waals surface area contributed by atoms with Crippen LogP contribution in [0.5, 0.6) is 0 Å². The van der Waals surface area contributed by atoms with Gasteiger partial charge >= 0.3 is 0 Å². The van der Waals surface area contributed by atoms with Crippen molar-refractivity contribution in [3.8, 4) is 0 Å². The first-order valence-electron chi connectivity index (χ1n) is 7.61. The molecule has 1 unspecified atom stereocenters. The fourth-order valence-electron chi connectivity index (χ4n) is 2.41. The Morgan fingerprint density at radius 2 is 2.10 bits per heavy atom. The number of para-hydroxylation sites is 1. The van der Waals surface area contributed by atoms with E-state index in [1.165, 1.54) is 0 Å². The van der Waals surface area contributed by atoms with Crippen LogP contribution in [0.1, 0.15) is 38.3 Å². The SMILES string of the molecule is CCCOC(C)CN(C(=O)CCl)c1c(C)cccc1CC. The summed E-state index contributed by atoms with van der Waals surface area (Å²) in [6.07, 6.45) is 1.84. The smallest absolute Gasteiger partial charge is 0.242 e. The molecule has 0 radical (unpaired) electrons. The largest absolute Gasteiger partial charge is 0.377 e. The van der Waals surface area contributed by atoms with E-state index in [9.17, 15) is 4.79 Å². The number of rotatable bonds is 8. The van der Waals surface area contributed by atoms with E-state index in [0.29, 0.717) is 13.2 Å². The molecule has 0 aliphatic heterocycles. The first-order valence-corrected chi connectivity index (χ1v) is 8.14. The number of anilines is 1. The molecule has 0 saturated carbocycles. The van der Waals surface area contributed by atoms with Crippen LogP contribution in [0, 0.1) is 6.92 Å². The molecule has 0 bridgehead atoms. The zero-order valence-corrected chi connectivity index (χ0v) is 14.2. The molecule has 0 aliphatic rings. The molecule has 0 aliphatic carbocycles. The second-order valence-corrected chi connectivity index (χ2v) is 5.52. The van der Waals surface area contributed by atoms with Crippen molar-refractivity contribution in [3.63, 3.8) is 0 Å². The van der Waals surface area contributed by atoms with Crippen LogP contribution in [0.2, 0.25) is 0 Å². The van der Waals surface area contributed by atoms with Gasteiger partial charge in [0.05, 0.1) is 12.6 Å². The molecule has 0 fully saturated rings. The summed E-state index contributed by atoms with van der Waals surface area (Å²) >= 11 is 5.80. The van der Waals surface area contributed by atoms with Gasteiger partial charge in [0.15, 0.2) is 0 Å². The number of halogens is 1. The Bertz CT molecular complexity index is 462. The zero-order valence-electron chi connectivity index (χ0n) is 13.5. The van der Waals surface area contributed by atoms with Crippen molar-refractivity contribution >= 4 is 23.2 Å². The minimum Gasteiger partial charge on any atom is -0.377 e. The Kier molecular flexibility index (Phi) is 7.76. The summed E-state index contributed by atoms with van der Waals surface area (Å²) in [7, 11) is 0. The average Bonchev–Trinajstić information content (AvgIpc) is 2.49. The summed E-state index contributed by atoms with van der Waals surface area (Å²) in [5.41, 5.74) is 3.24. The zero-order chi connectivity index (χ0) is 15.8. The fraction of sp³-hybridized carbons (Fsp3) is 0.588. The molecule has 3 nitrogen and oxygen atoms in total. The van der Waals surface area contributed by atoms with Crippen LogP contribution < -0.4 is 4.90 Å². The summed E-state index contributed by atoms with van der Waals surface area (Å²) in [4.78, 5) is 14.1. The first kappa shape index (κ1) is 18.0. The minimum atomic E-state index is -0.0763. The van der Waals surface area contributed by atoms with Crippen molar-refractivity contribution < 1.29 is 9.53 Å². The van der Waals surface area contributed by atoms with Crippen molar-refractivity contribution in [2.75, 3.05) is 23.9 Å². The Morgan fingerprint density at radius 1 is 1.38 bits per heavy atom. The number of alkyl halides is 1. The Hall–Kier alpha value is -1.06. The minimum absolute atomic E-state index is 0.0126. The number of aryl methyl sites for hydroxylation is 2. The molecule has 0 saturated heterocycles. The standard InChI is InChI=1S/C17H26ClNO2/c1-5-10-21-14(4)12-19(16(20)11-18)17-13(3)8-7-9-15(17)6-2/h7-9,14H,5-6,10-12H2,1-4H3. The van der Waals surface area contributed by atoms with Crippen molar-refractivity contribution in [1.82, 2.24) is 0 Å². The summed E-state index contributed by atoms with van der Waals surface area (Å²) in [5.74, 6) is -0.0922. The van der Waals surface area contributed by atoms with Crippen molar-refractivity contribution in [2.24, 2.45) is 0 Å². The number of nitrogens with zero attached hydrogens (tertiary/aromatic N) is 1. The quantitative estimate of drug-likeness (QED) is 0.680. The van der Waals surface area contributed by atoms with Gasteiger partial charge < -0.3 is 9.64 Å². The molecule has 1 aromatic carbocycles. The van der Waals surface area contributed by atoms with Crippen LogP contribution >= 0.6 is 11.6 Å². The lowest BCUT2D eigenvalue weighted by atomic mass is 10.0. The highest BCUT2D eigenvalue weighted by atomic mass is 35.5. The van der Waals surface area contributed by atoms with E-state index in [2.05, 4.69) is 19.9 Å². The lowest BCUT2D eigenvalue weighted by Crippen LogP contribution is -2.39. The third kappa shape index (κ3) is 5.01. The average molecular weight is 312 g/mol. The van der Waals surface area contributed by atoms with Crippen LogP contribution in [0.15, 0.2) is 18.2 Å². The first-order chi connectivity index (χ1) is 10.0. The molecule has 0 N–H and O–H groups in total. The Labute approximate surface area is 133 Å². The number of carbonyl (C=O) groups is 1. The molecule has 21 heavy (non-hydrogen) atoms. The normalized spacial score (nSPS) is 12.2. The monoisotopic (exact) mass is 311 g/mol. The number of hydrogen-bond donors (Lipinski definition) is 0. The molecule has 1 amide bonds. The molecule has 1 aromatic rings. The lowest BCUT2D eigenvalue weighted by molar-refractivity contribution is -0.116. The maximum Gasteiger partial charge on any atom is 0.242 e. The number of ether oxygens (including phenoxy) is 1. The second-order valence-electron chi connectivity index (χ2n) is 5.26. The predicted molar refractivity (Wildman–Crippen MR) is 89.3 cm³/mol. The van der Waals surface area contributed by atoms with Gasteiger partial charge in [-0.1, -0.05) is 32.0 Å². The Morgan fingerprint density at radius 3 is 2.67 bits per heavy atom. The van der Waals surface area contributed by atoms with Gasteiger partial charge in [-0.15, -0.1) is 11.6 Å². The van der Waals surface area contributed by atoms with Crippen molar-refractivity contribution in [3.05, 3.63) is 29.3 Å². The molecule has 1 rings (SSSR count). The fourth-order valence-corrected chi connectivity index (χ4v) is 2.55. The van der Waals surface area contributed by atoms with Crippen LogP contribution in [-0.4, -0.2) is 31.0 Å². The molecule has 0 spiro atoms. The van der Waals surface area contributed by atoms with E-state index in [4.69, 9.17) is 16.3 Å². The third-order valence-corrected chi connectivity index (χ3v) is 3.66. The lowest BCUT2D eigenvalue weighted by Gasteiger charge is -2.29. The van der Waals surface area contributed by atoms with Gasteiger partial charge in [-0.3, -0.25) is 4.79 Å². The molecular formula is C17H26ClNO2. The summed E-state index contributed by atoms with van der Waals surface area (Å²) in [5, 5.41) is 0. The van der Waals surface area contributed by atoms with Gasteiger partial charge in [0.1, 0.15) is 5.88 Å². The topological polar surface area (TPSA) is 29.5 Å². The summed E-state index contributed by atoms with van der Waals surface area (Å²) in [6, 6.07) is 6.12. The van der Waals surface area contributed by atoms with Crippen molar-refractivity contribution in [1.29, 1.82) is 0 Å². The highest BCUT2D eigenvalue weighted by molar-refractivity contribution is 6.29. The molecule has 1 atom stereocenters. The number of carbonyl (C=O) groups excluding carboxylic acids is 1. The second kappa shape index (κ2) is 9.06. The van der Waals surface area contributed by atoms with Crippen LogP contribution in [0.4, 0.5) is 5.69 Å². The molecule has 0 heterocycles. The number of benzene rings is 1. The maximum atomic E-state index is 12.3.